The third-order valence-corrected chi connectivity index (χ3v) is 3.78. The van der Waals surface area contributed by atoms with Crippen LogP contribution in [0.5, 0.6) is 11.5 Å². The maximum absolute atomic E-state index is 5.90. The van der Waals surface area contributed by atoms with E-state index in [0.717, 1.165) is 33.8 Å². The predicted octanol–water partition coefficient (Wildman–Crippen LogP) is 5.03. The number of ether oxygens (including phenoxy) is 2. The highest BCUT2D eigenvalue weighted by atomic mass is 16.5. The minimum atomic E-state index is 0.503. The zero-order chi connectivity index (χ0) is 16.8. The van der Waals surface area contributed by atoms with Crippen LogP contribution < -0.4 is 9.47 Å². The van der Waals surface area contributed by atoms with Crippen molar-refractivity contribution in [2.24, 2.45) is 0 Å². The van der Waals surface area contributed by atoms with E-state index < -0.39 is 0 Å². The van der Waals surface area contributed by atoms with Crippen molar-refractivity contribution in [1.82, 2.24) is 4.98 Å². The van der Waals surface area contributed by atoms with Gasteiger partial charge in [-0.25, -0.2) is 0 Å². The molecule has 3 rings (SSSR count). The number of nitrogens with zero attached hydrogens (tertiary/aromatic N) is 1. The molecule has 0 amide bonds. The summed E-state index contributed by atoms with van der Waals surface area (Å²) in [7, 11) is 0. The number of benzene rings is 2. The fourth-order valence-corrected chi connectivity index (χ4v) is 2.51. The lowest BCUT2D eigenvalue weighted by Crippen LogP contribution is -1.98. The molecule has 0 aliphatic heterocycles. The van der Waals surface area contributed by atoms with Crippen LogP contribution in [0, 0.1) is 6.92 Å². The Morgan fingerprint density at radius 1 is 0.875 bits per heavy atom. The van der Waals surface area contributed by atoms with Gasteiger partial charge in [-0.1, -0.05) is 30.3 Å². The molecule has 1 aromatic heterocycles. The number of para-hydroxylation sites is 1. The largest absolute Gasteiger partial charge is 0.494 e. The fourth-order valence-electron chi connectivity index (χ4n) is 2.51. The summed E-state index contributed by atoms with van der Waals surface area (Å²) in [6.07, 6.45) is 3.71. The van der Waals surface area contributed by atoms with E-state index in [0.29, 0.717) is 13.2 Å². The summed E-state index contributed by atoms with van der Waals surface area (Å²) in [5.74, 6) is 1.79. The first-order chi connectivity index (χ1) is 11.8. The molecule has 0 unspecified atom stereocenters. The first-order valence-corrected chi connectivity index (χ1v) is 8.12. The van der Waals surface area contributed by atoms with E-state index in [9.17, 15) is 0 Å². The third-order valence-electron chi connectivity index (χ3n) is 3.78. The van der Waals surface area contributed by atoms with Gasteiger partial charge < -0.3 is 9.47 Å². The van der Waals surface area contributed by atoms with Crippen molar-refractivity contribution in [2.45, 2.75) is 20.5 Å². The van der Waals surface area contributed by atoms with Crippen molar-refractivity contribution in [1.29, 1.82) is 0 Å². The molecule has 0 N–H and O–H groups in total. The summed E-state index contributed by atoms with van der Waals surface area (Å²) in [6, 6.07) is 18.2. The van der Waals surface area contributed by atoms with E-state index in [4.69, 9.17) is 9.47 Å². The van der Waals surface area contributed by atoms with Crippen molar-refractivity contribution in [3.8, 4) is 22.6 Å². The second kappa shape index (κ2) is 7.64. The summed E-state index contributed by atoms with van der Waals surface area (Å²) in [4.78, 5) is 4.34. The van der Waals surface area contributed by atoms with Gasteiger partial charge >= 0.3 is 0 Å². The van der Waals surface area contributed by atoms with Crippen LogP contribution in [0.25, 0.3) is 11.1 Å². The maximum Gasteiger partial charge on any atom is 0.122 e. The first-order valence-electron chi connectivity index (χ1n) is 8.12. The average molecular weight is 319 g/mol. The Labute approximate surface area is 142 Å². The van der Waals surface area contributed by atoms with Gasteiger partial charge in [0, 0.05) is 23.5 Å². The minimum absolute atomic E-state index is 0.503. The molecule has 0 saturated carbocycles. The quantitative estimate of drug-likeness (QED) is 0.638. The van der Waals surface area contributed by atoms with Crippen LogP contribution in [0.15, 0.2) is 67.0 Å². The standard InChI is InChI=1S/C21H21NO2/c1-3-23-20-10-8-18(9-11-20)19-12-17(13-22-14-19)15-24-21-7-5-4-6-16(21)2/h4-14H,3,15H2,1-2H3. The first kappa shape index (κ1) is 16.1. The van der Waals surface area contributed by atoms with Crippen LogP contribution in [-0.4, -0.2) is 11.6 Å². The Morgan fingerprint density at radius 2 is 1.67 bits per heavy atom. The molecule has 1 heterocycles. The minimum Gasteiger partial charge on any atom is -0.494 e. The molecule has 3 nitrogen and oxygen atoms in total. The third kappa shape index (κ3) is 3.93. The normalized spacial score (nSPS) is 10.4. The van der Waals surface area contributed by atoms with Crippen molar-refractivity contribution in [3.63, 3.8) is 0 Å². The summed E-state index contributed by atoms with van der Waals surface area (Å²) in [5.41, 5.74) is 4.37. The van der Waals surface area contributed by atoms with E-state index >= 15 is 0 Å². The Hall–Kier alpha value is -2.81. The molecule has 122 valence electrons. The van der Waals surface area contributed by atoms with Crippen molar-refractivity contribution in [3.05, 3.63) is 78.1 Å². The smallest absolute Gasteiger partial charge is 0.122 e. The number of aromatic nitrogens is 1. The highest BCUT2D eigenvalue weighted by molar-refractivity contribution is 5.63. The monoisotopic (exact) mass is 319 g/mol. The Kier molecular flexibility index (Phi) is 5.12. The van der Waals surface area contributed by atoms with Gasteiger partial charge in [0.25, 0.3) is 0 Å². The van der Waals surface area contributed by atoms with Crippen LogP contribution in [0.3, 0.4) is 0 Å². The molecule has 0 atom stereocenters. The molecule has 24 heavy (non-hydrogen) atoms. The molecule has 0 spiro atoms. The molecule has 0 radical (unpaired) electrons. The summed E-state index contributed by atoms with van der Waals surface area (Å²) in [6.45, 7) is 5.20. The number of rotatable bonds is 6. The second-order valence-electron chi connectivity index (χ2n) is 5.59. The van der Waals surface area contributed by atoms with Crippen LogP contribution in [-0.2, 0) is 6.61 Å². The van der Waals surface area contributed by atoms with Crippen molar-refractivity contribution >= 4 is 0 Å². The Morgan fingerprint density at radius 3 is 2.42 bits per heavy atom. The van der Waals surface area contributed by atoms with E-state index in [2.05, 4.69) is 11.1 Å². The van der Waals surface area contributed by atoms with E-state index in [-0.39, 0.29) is 0 Å². The fraction of sp³-hybridized carbons (Fsp3) is 0.190. The highest BCUT2D eigenvalue weighted by Gasteiger charge is 2.03. The molecule has 0 saturated heterocycles. The van der Waals surface area contributed by atoms with Crippen molar-refractivity contribution in [2.75, 3.05) is 6.61 Å². The van der Waals surface area contributed by atoms with Crippen LogP contribution >= 0.6 is 0 Å². The zero-order valence-electron chi connectivity index (χ0n) is 14.0. The Balaban J connectivity index is 1.73. The van der Waals surface area contributed by atoms with Gasteiger partial charge in [0.1, 0.15) is 18.1 Å². The SMILES string of the molecule is CCOc1ccc(-c2cncc(COc3ccccc3C)c2)cc1. The number of hydrogen-bond donors (Lipinski definition) is 0. The Bertz CT molecular complexity index is 797. The molecule has 0 aliphatic carbocycles. The zero-order valence-corrected chi connectivity index (χ0v) is 14.0. The molecular formula is C21H21NO2. The average Bonchev–Trinajstić information content (AvgIpc) is 2.62. The lowest BCUT2D eigenvalue weighted by molar-refractivity contribution is 0.303. The molecule has 0 aliphatic rings. The van der Waals surface area contributed by atoms with Gasteiger partial charge in [-0.2, -0.15) is 0 Å². The molecular weight excluding hydrogens is 298 g/mol. The van der Waals surface area contributed by atoms with Gasteiger partial charge in [0.2, 0.25) is 0 Å². The lowest BCUT2D eigenvalue weighted by atomic mass is 10.1. The van der Waals surface area contributed by atoms with E-state index in [1.54, 1.807) is 0 Å². The summed E-state index contributed by atoms with van der Waals surface area (Å²) >= 11 is 0. The van der Waals surface area contributed by atoms with Crippen LogP contribution in [0.4, 0.5) is 0 Å². The van der Waals surface area contributed by atoms with Crippen LogP contribution in [0.1, 0.15) is 18.1 Å². The maximum atomic E-state index is 5.90. The lowest BCUT2D eigenvalue weighted by Gasteiger charge is -2.10. The van der Waals surface area contributed by atoms with Gasteiger partial charge in [-0.3, -0.25) is 4.98 Å². The number of hydrogen-bond acceptors (Lipinski definition) is 3. The molecule has 2 aromatic carbocycles. The number of pyridine rings is 1. The molecule has 3 heteroatoms. The molecule has 3 aromatic rings. The summed E-state index contributed by atoms with van der Waals surface area (Å²) < 4.78 is 11.4. The summed E-state index contributed by atoms with van der Waals surface area (Å²) in [5, 5.41) is 0. The van der Waals surface area contributed by atoms with Gasteiger partial charge in [0.05, 0.1) is 6.61 Å². The van der Waals surface area contributed by atoms with E-state index in [1.807, 2.05) is 74.8 Å². The molecule has 0 bridgehead atoms. The highest BCUT2D eigenvalue weighted by Crippen LogP contribution is 2.23. The van der Waals surface area contributed by atoms with Gasteiger partial charge in [-0.05, 0) is 49.2 Å². The van der Waals surface area contributed by atoms with Gasteiger partial charge in [-0.15, -0.1) is 0 Å². The van der Waals surface area contributed by atoms with Crippen molar-refractivity contribution < 1.29 is 9.47 Å². The second-order valence-corrected chi connectivity index (χ2v) is 5.59. The van der Waals surface area contributed by atoms with Crippen LogP contribution in [0.2, 0.25) is 0 Å². The van der Waals surface area contributed by atoms with Gasteiger partial charge in [0.15, 0.2) is 0 Å². The number of aryl methyl sites for hydroxylation is 1. The molecule has 0 fully saturated rings. The van der Waals surface area contributed by atoms with E-state index in [1.165, 1.54) is 0 Å². The topological polar surface area (TPSA) is 31.4 Å². The predicted molar refractivity (Wildman–Crippen MR) is 96.4 cm³/mol.